The first-order valence-electron chi connectivity index (χ1n) is 7.14. The molecule has 0 aliphatic rings. The molecule has 5 nitrogen and oxygen atoms in total. The zero-order valence-corrected chi connectivity index (χ0v) is 14.1. The van der Waals surface area contributed by atoms with Gasteiger partial charge in [0.05, 0.1) is 0 Å². The van der Waals surface area contributed by atoms with Crippen molar-refractivity contribution in [1.29, 1.82) is 0 Å². The molecule has 0 unspecified atom stereocenters. The zero-order valence-electron chi connectivity index (χ0n) is 13.3. The number of hydrogen-bond acceptors (Lipinski definition) is 3. The number of rotatable bonds is 4. The minimum atomic E-state index is -1.04. The van der Waals surface area contributed by atoms with Gasteiger partial charge in [0.2, 0.25) is 5.91 Å². The summed E-state index contributed by atoms with van der Waals surface area (Å²) in [5.41, 5.74) is 6.31. The molecule has 0 aliphatic carbocycles. The smallest absolute Gasteiger partial charge is 0.251 e. The molecule has 1 aromatic heterocycles. The third-order valence-electron chi connectivity index (χ3n) is 3.67. The molecule has 0 fully saturated rings. The lowest BCUT2D eigenvalue weighted by atomic mass is 10.0. The summed E-state index contributed by atoms with van der Waals surface area (Å²) in [7, 11) is 0. The fourth-order valence-electron chi connectivity index (χ4n) is 2.44. The lowest BCUT2D eigenvalue weighted by Gasteiger charge is -2.28. The van der Waals surface area contributed by atoms with E-state index in [4.69, 9.17) is 18.0 Å². The van der Waals surface area contributed by atoms with E-state index in [0.717, 1.165) is 5.69 Å². The third kappa shape index (κ3) is 3.48. The van der Waals surface area contributed by atoms with Gasteiger partial charge in [-0.3, -0.25) is 14.2 Å². The lowest BCUT2D eigenvalue weighted by molar-refractivity contribution is -0.123. The molecule has 0 spiro atoms. The normalized spacial score (nSPS) is 11.1. The second-order valence-corrected chi connectivity index (χ2v) is 6.24. The second-order valence-electron chi connectivity index (χ2n) is 5.80. The van der Waals surface area contributed by atoms with Gasteiger partial charge in [-0.25, -0.2) is 0 Å². The Hall–Kier alpha value is -2.47. The molecular weight excluding hydrogens is 310 g/mol. The topological polar surface area (TPSA) is 77.1 Å². The summed E-state index contributed by atoms with van der Waals surface area (Å²) < 4.78 is 1.47. The molecule has 2 rings (SSSR count). The van der Waals surface area contributed by atoms with E-state index < -0.39 is 5.54 Å². The summed E-state index contributed by atoms with van der Waals surface area (Å²) in [5.74, 6) is -0.297. The van der Waals surface area contributed by atoms with Crippen molar-refractivity contribution in [2.24, 2.45) is 5.73 Å². The summed E-state index contributed by atoms with van der Waals surface area (Å²) in [6.07, 6.45) is 0. The van der Waals surface area contributed by atoms with Crippen LogP contribution in [0.4, 0.5) is 5.69 Å². The van der Waals surface area contributed by atoms with Crippen LogP contribution in [0, 0.1) is 6.92 Å². The van der Waals surface area contributed by atoms with Crippen molar-refractivity contribution >= 4 is 28.8 Å². The standard InChI is InChI=1S/C17H19N3O2S/c1-11-6-4-9-14(21)20(11)17(2,3)16(22)19-13-8-5-7-12(10-13)15(18)23/h4-10H,1-3H3,(H2,18,23)(H,19,22). The molecule has 0 bridgehead atoms. The molecular formula is C17H19N3O2S. The predicted octanol–water partition coefficient (Wildman–Crippen LogP) is 2.16. The Labute approximate surface area is 140 Å². The van der Waals surface area contributed by atoms with Crippen LogP contribution in [0.15, 0.2) is 47.3 Å². The second kappa shape index (κ2) is 6.34. The van der Waals surface area contributed by atoms with E-state index in [1.807, 2.05) is 0 Å². The van der Waals surface area contributed by atoms with Crippen molar-refractivity contribution in [3.63, 3.8) is 0 Å². The van der Waals surface area contributed by atoms with Crippen LogP contribution in [0.1, 0.15) is 25.1 Å². The fourth-order valence-corrected chi connectivity index (χ4v) is 2.57. The summed E-state index contributed by atoms with van der Waals surface area (Å²) >= 11 is 4.94. The van der Waals surface area contributed by atoms with Crippen molar-refractivity contribution < 1.29 is 4.79 Å². The van der Waals surface area contributed by atoms with Crippen LogP contribution >= 0.6 is 12.2 Å². The zero-order chi connectivity index (χ0) is 17.2. The highest BCUT2D eigenvalue weighted by Gasteiger charge is 2.31. The van der Waals surface area contributed by atoms with E-state index in [9.17, 15) is 9.59 Å². The first kappa shape index (κ1) is 16.9. The molecule has 1 amide bonds. The van der Waals surface area contributed by atoms with Crippen LogP contribution in [0.2, 0.25) is 0 Å². The minimum Gasteiger partial charge on any atom is -0.389 e. The summed E-state index contributed by atoms with van der Waals surface area (Å²) in [5, 5.41) is 2.82. The number of nitrogens with one attached hydrogen (secondary N) is 1. The van der Waals surface area contributed by atoms with Crippen molar-refractivity contribution in [1.82, 2.24) is 4.57 Å². The van der Waals surface area contributed by atoms with Gasteiger partial charge in [-0.1, -0.05) is 30.4 Å². The van der Waals surface area contributed by atoms with Gasteiger partial charge in [0.1, 0.15) is 10.5 Å². The molecule has 6 heteroatoms. The monoisotopic (exact) mass is 329 g/mol. The molecule has 0 aliphatic heterocycles. The van der Waals surface area contributed by atoms with Crippen LogP contribution in [-0.4, -0.2) is 15.5 Å². The number of anilines is 1. The number of nitrogens with zero attached hydrogens (tertiary/aromatic N) is 1. The minimum absolute atomic E-state index is 0.220. The molecule has 23 heavy (non-hydrogen) atoms. The van der Waals surface area contributed by atoms with Crippen molar-refractivity contribution in [2.45, 2.75) is 26.3 Å². The van der Waals surface area contributed by atoms with Gasteiger partial charge in [0.15, 0.2) is 0 Å². The van der Waals surface area contributed by atoms with Gasteiger partial charge in [-0.15, -0.1) is 0 Å². The Morgan fingerprint density at radius 3 is 2.48 bits per heavy atom. The van der Waals surface area contributed by atoms with E-state index in [1.54, 1.807) is 57.2 Å². The first-order valence-corrected chi connectivity index (χ1v) is 7.55. The largest absolute Gasteiger partial charge is 0.389 e. The lowest BCUT2D eigenvalue weighted by Crippen LogP contribution is -2.46. The quantitative estimate of drug-likeness (QED) is 0.843. The van der Waals surface area contributed by atoms with Crippen LogP contribution in [0.25, 0.3) is 0 Å². The molecule has 3 N–H and O–H groups in total. The SMILES string of the molecule is Cc1cccc(=O)n1C(C)(C)C(=O)Nc1cccc(C(N)=S)c1. The summed E-state index contributed by atoms with van der Waals surface area (Å²) in [6.45, 7) is 5.20. The molecule has 1 heterocycles. The van der Waals surface area contributed by atoms with Crippen molar-refractivity contribution in [2.75, 3.05) is 5.32 Å². The average Bonchev–Trinajstić information content (AvgIpc) is 2.47. The van der Waals surface area contributed by atoms with Gasteiger partial charge in [0, 0.05) is 23.0 Å². The number of carbonyl (C=O) groups is 1. The van der Waals surface area contributed by atoms with Crippen molar-refractivity contribution in [3.8, 4) is 0 Å². The molecule has 0 saturated carbocycles. The number of aromatic nitrogens is 1. The number of benzene rings is 1. The van der Waals surface area contributed by atoms with Crippen LogP contribution < -0.4 is 16.6 Å². The number of carbonyl (C=O) groups excluding carboxylic acids is 1. The van der Waals surface area contributed by atoms with Crippen LogP contribution in [0.5, 0.6) is 0 Å². The maximum atomic E-state index is 12.7. The van der Waals surface area contributed by atoms with E-state index >= 15 is 0 Å². The number of hydrogen-bond donors (Lipinski definition) is 2. The maximum Gasteiger partial charge on any atom is 0.251 e. The Balaban J connectivity index is 2.34. The first-order chi connectivity index (χ1) is 10.7. The van der Waals surface area contributed by atoms with E-state index in [0.29, 0.717) is 11.3 Å². The maximum absolute atomic E-state index is 12.7. The number of pyridine rings is 1. The number of thiocarbonyl (C=S) groups is 1. The highest BCUT2D eigenvalue weighted by atomic mass is 32.1. The van der Waals surface area contributed by atoms with Gasteiger partial charge in [-0.05, 0) is 39.0 Å². The predicted molar refractivity (Wildman–Crippen MR) is 95.7 cm³/mol. The Morgan fingerprint density at radius 1 is 1.22 bits per heavy atom. The molecule has 1 aromatic carbocycles. The number of nitrogens with two attached hydrogens (primary N) is 1. The van der Waals surface area contributed by atoms with Crippen molar-refractivity contribution in [3.05, 3.63) is 64.1 Å². The van der Waals surface area contributed by atoms with Crippen LogP contribution in [-0.2, 0) is 10.3 Å². The highest BCUT2D eigenvalue weighted by molar-refractivity contribution is 7.80. The summed E-state index contributed by atoms with van der Waals surface area (Å²) in [4.78, 5) is 25.1. The summed E-state index contributed by atoms with van der Waals surface area (Å²) in [6, 6.07) is 11.9. The van der Waals surface area contributed by atoms with Gasteiger partial charge >= 0.3 is 0 Å². The average molecular weight is 329 g/mol. The van der Waals surface area contributed by atoms with Crippen LogP contribution in [0.3, 0.4) is 0 Å². The number of amides is 1. The molecule has 120 valence electrons. The molecule has 0 radical (unpaired) electrons. The van der Waals surface area contributed by atoms with E-state index in [-0.39, 0.29) is 16.5 Å². The Bertz CT molecular complexity index is 825. The Morgan fingerprint density at radius 2 is 1.87 bits per heavy atom. The van der Waals surface area contributed by atoms with Gasteiger partial charge < -0.3 is 11.1 Å². The Kier molecular flexibility index (Phi) is 4.65. The molecule has 2 aromatic rings. The highest BCUT2D eigenvalue weighted by Crippen LogP contribution is 2.19. The van der Waals surface area contributed by atoms with Gasteiger partial charge in [-0.2, -0.15) is 0 Å². The fraction of sp³-hybridized carbons (Fsp3) is 0.235. The third-order valence-corrected chi connectivity index (χ3v) is 3.90. The van der Waals surface area contributed by atoms with E-state index in [2.05, 4.69) is 5.32 Å². The van der Waals surface area contributed by atoms with Gasteiger partial charge in [0.25, 0.3) is 5.56 Å². The molecule has 0 atom stereocenters. The number of aryl methyl sites for hydroxylation is 1. The van der Waals surface area contributed by atoms with E-state index in [1.165, 1.54) is 10.6 Å². The molecule has 0 saturated heterocycles.